The van der Waals surface area contributed by atoms with Gasteiger partial charge < -0.3 is 9.84 Å². The molecule has 0 radical (unpaired) electrons. The summed E-state index contributed by atoms with van der Waals surface area (Å²) in [6, 6.07) is 11.1. The third-order valence-corrected chi connectivity index (χ3v) is 5.55. The van der Waals surface area contributed by atoms with Gasteiger partial charge in [0.15, 0.2) is 0 Å². The van der Waals surface area contributed by atoms with Gasteiger partial charge in [-0.2, -0.15) is 0 Å². The molecule has 0 aliphatic heterocycles. The van der Waals surface area contributed by atoms with Crippen LogP contribution in [0.3, 0.4) is 0 Å². The van der Waals surface area contributed by atoms with Crippen molar-refractivity contribution in [1.29, 1.82) is 0 Å². The van der Waals surface area contributed by atoms with Gasteiger partial charge in [0.1, 0.15) is 5.75 Å². The summed E-state index contributed by atoms with van der Waals surface area (Å²) in [5.41, 5.74) is 2.56. The van der Waals surface area contributed by atoms with Crippen LogP contribution in [0.2, 0.25) is 10.0 Å². The van der Waals surface area contributed by atoms with Crippen LogP contribution in [0.4, 0.5) is 0 Å². The number of hydrogen-bond donors (Lipinski definition) is 1. The molecule has 0 heterocycles. The zero-order valence-corrected chi connectivity index (χ0v) is 17.1. The van der Waals surface area contributed by atoms with Crippen molar-refractivity contribution in [3.63, 3.8) is 0 Å². The lowest BCUT2D eigenvalue weighted by molar-refractivity contribution is -0.139. The first kappa shape index (κ1) is 20.0. The summed E-state index contributed by atoms with van der Waals surface area (Å²) >= 11 is 12.2. The Morgan fingerprint density at radius 2 is 1.89 bits per heavy atom. The lowest BCUT2D eigenvalue weighted by Crippen LogP contribution is -2.14. The van der Waals surface area contributed by atoms with Gasteiger partial charge >= 0.3 is 5.97 Å². The highest BCUT2D eigenvalue weighted by atomic mass is 35.5. The molecule has 1 fully saturated rings. The van der Waals surface area contributed by atoms with Crippen molar-refractivity contribution >= 4 is 29.2 Å². The van der Waals surface area contributed by atoms with E-state index >= 15 is 0 Å². The molecule has 1 aliphatic carbocycles. The van der Waals surface area contributed by atoms with Gasteiger partial charge in [-0.25, -0.2) is 0 Å². The molecule has 144 valence electrons. The third-order valence-electron chi connectivity index (χ3n) is 4.82. The second-order valence-corrected chi connectivity index (χ2v) is 8.47. The van der Waals surface area contributed by atoms with E-state index in [1.165, 1.54) is 12.8 Å². The molecule has 3 nitrogen and oxygen atoms in total. The average Bonchev–Trinajstić information content (AvgIpc) is 3.44. The molecule has 2 aromatic carbocycles. The molecular weight excluding hydrogens is 383 g/mol. The minimum atomic E-state index is -0.806. The Morgan fingerprint density at radius 3 is 2.48 bits per heavy atom. The molecule has 1 aliphatic rings. The summed E-state index contributed by atoms with van der Waals surface area (Å²) < 4.78 is 6.09. The topological polar surface area (TPSA) is 46.5 Å². The number of carbonyl (C=O) groups is 1. The van der Waals surface area contributed by atoms with E-state index in [-0.39, 0.29) is 5.92 Å². The second-order valence-electron chi connectivity index (χ2n) is 7.66. The van der Waals surface area contributed by atoms with E-state index < -0.39 is 11.9 Å². The number of carboxylic acids is 1. The fourth-order valence-electron chi connectivity index (χ4n) is 3.12. The Balaban J connectivity index is 1.99. The molecule has 2 aromatic rings. The number of carboxylic acid groups (broad SMARTS) is 1. The van der Waals surface area contributed by atoms with Crippen molar-refractivity contribution in [1.82, 2.24) is 0 Å². The standard InChI is InChI=1S/C22H24Cl2O3/c1-13(2)9-18(22(25)26)16-5-7-17(15-6-8-19(23)20(24)10-15)21(11-16)27-12-14-3-4-14/h5-8,10-11,13-14,18H,3-4,9,12H2,1-2H3,(H,25,26). The Labute approximate surface area is 170 Å². The highest BCUT2D eigenvalue weighted by molar-refractivity contribution is 6.42. The lowest BCUT2D eigenvalue weighted by atomic mass is 9.89. The van der Waals surface area contributed by atoms with Crippen LogP contribution >= 0.6 is 23.2 Å². The number of rotatable bonds is 8. The number of aliphatic carboxylic acids is 1. The molecule has 27 heavy (non-hydrogen) atoms. The van der Waals surface area contributed by atoms with Crippen LogP contribution in [-0.2, 0) is 4.79 Å². The van der Waals surface area contributed by atoms with Gasteiger partial charge in [0.25, 0.3) is 0 Å². The van der Waals surface area contributed by atoms with Gasteiger partial charge in [0, 0.05) is 5.56 Å². The summed E-state index contributed by atoms with van der Waals surface area (Å²) in [4.78, 5) is 11.8. The summed E-state index contributed by atoms with van der Waals surface area (Å²) in [7, 11) is 0. The lowest BCUT2D eigenvalue weighted by Gasteiger charge is -2.19. The molecule has 1 unspecified atom stereocenters. The Morgan fingerprint density at radius 1 is 1.15 bits per heavy atom. The first-order valence-electron chi connectivity index (χ1n) is 9.30. The number of ether oxygens (including phenoxy) is 1. The molecule has 5 heteroatoms. The highest BCUT2D eigenvalue weighted by Gasteiger charge is 2.25. The maximum Gasteiger partial charge on any atom is 0.310 e. The third kappa shape index (κ3) is 5.18. The summed E-state index contributed by atoms with van der Waals surface area (Å²) in [5.74, 6) is 0.237. The van der Waals surface area contributed by atoms with Crippen molar-refractivity contribution in [3.8, 4) is 16.9 Å². The zero-order valence-electron chi connectivity index (χ0n) is 15.5. The van der Waals surface area contributed by atoms with Gasteiger partial charge in [0.2, 0.25) is 0 Å². The van der Waals surface area contributed by atoms with Gasteiger partial charge in [-0.1, -0.05) is 55.2 Å². The largest absolute Gasteiger partial charge is 0.493 e. The smallest absolute Gasteiger partial charge is 0.310 e. The molecule has 3 rings (SSSR count). The van der Waals surface area contributed by atoms with Crippen molar-refractivity contribution in [2.45, 2.75) is 39.0 Å². The van der Waals surface area contributed by atoms with E-state index in [0.29, 0.717) is 34.7 Å². The first-order valence-corrected chi connectivity index (χ1v) is 10.1. The van der Waals surface area contributed by atoms with Gasteiger partial charge in [-0.15, -0.1) is 0 Å². The summed E-state index contributed by atoms with van der Waals surface area (Å²) in [6.07, 6.45) is 2.96. The Hall–Kier alpha value is -1.71. The van der Waals surface area contributed by atoms with Gasteiger partial charge in [0.05, 0.1) is 22.6 Å². The second kappa shape index (κ2) is 8.53. The van der Waals surface area contributed by atoms with Crippen LogP contribution < -0.4 is 4.74 Å². The van der Waals surface area contributed by atoms with Crippen LogP contribution in [-0.4, -0.2) is 17.7 Å². The van der Waals surface area contributed by atoms with Crippen LogP contribution in [0, 0.1) is 11.8 Å². The molecule has 0 spiro atoms. The van der Waals surface area contributed by atoms with Crippen LogP contribution in [0.1, 0.15) is 44.6 Å². The van der Waals surface area contributed by atoms with E-state index in [0.717, 1.165) is 16.7 Å². The van der Waals surface area contributed by atoms with E-state index in [9.17, 15) is 9.90 Å². The molecule has 1 N–H and O–H groups in total. The molecule has 0 aromatic heterocycles. The van der Waals surface area contributed by atoms with E-state index in [4.69, 9.17) is 27.9 Å². The molecule has 0 amide bonds. The number of halogens is 2. The van der Waals surface area contributed by atoms with Crippen LogP contribution in [0.25, 0.3) is 11.1 Å². The van der Waals surface area contributed by atoms with Crippen molar-refractivity contribution in [2.24, 2.45) is 11.8 Å². The maximum absolute atomic E-state index is 11.8. The molecular formula is C22H24Cl2O3. The summed E-state index contributed by atoms with van der Waals surface area (Å²) in [5, 5.41) is 10.7. The van der Waals surface area contributed by atoms with Gasteiger partial charge in [-0.05, 0) is 60.4 Å². The highest BCUT2D eigenvalue weighted by Crippen LogP contribution is 2.38. The normalized spacial score (nSPS) is 15.0. The van der Waals surface area contributed by atoms with Crippen molar-refractivity contribution < 1.29 is 14.6 Å². The Bertz CT molecular complexity index is 828. The predicted octanol–water partition coefficient (Wildman–Crippen LogP) is 6.66. The average molecular weight is 407 g/mol. The molecule has 1 saturated carbocycles. The summed E-state index contributed by atoms with van der Waals surface area (Å²) in [6.45, 7) is 4.72. The van der Waals surface area contributed by atoms with Crippen molar-refractivity contribution in [3.05, 3.63) is 52.0 Å². The number of hydrogen-bond acceptors (Lipinski definition) is 2. The van der Waals surface area contributed by atoms with Crippen LogP contribution in [0.5, 0.6) is 5.75 Å². The number of benzene rings is 2. The fourth-order valence-corrected chi connectivity index (χ4v) is 3.42. The van der Waals surface area contributed by atoms with Gasteiger partial charge in [-0.3, -0.25) is 4.79 Å². The minimum Gasteiger partial charge on any atom is -0.493 e. The SMILES string of the molecule is CC(C)CC(C(=O)O)c1ccc(-c2ccc(Cl)c(Cl)c2)c(OCC2CC2)c1. The fraction of sp³-hybridized carbons (Fsp3) is 0.409. The molecule has 0 bridgehead atoms. The quantitative estimate of drug-likeness (QED) is 0.532. The zero-order chi connectivity index (χ0) is 19.6. The molecule has 0 saturated heterocycles. The monoisotopic (exact) mass is 406 g/mol. The maximum atomic E-state index is 11.8. The Kier molecular flexibility index (Phi) is 6.33. The molecule has 1 atom stereocenters. The first-order chi connectivity index (χ1) is 12.8. The van der Waals surface area contributed by atoms with E-state index in [1.807, 2.05) is 44.2 Å². The predicted molar refractivity (Wildman–Crippen MR) is 110 cm³/mol. The van der Waals surface area contributed by atoms with Crippen LogP contribution in [0.15, 0.2) is 36.4 Å². The van der Waals surface area contributed by atoms with Crippen molar-refractivity contribution in [2.75, 3.05) is 6.61 Å². The van der Waals surface area contributed by atoms with E-state index in [2.05, 4.69) is 0 Å². The van der Waals surface area contributed by atoms with E-state index in [1.54, 1.807) is 6.07 Å². The minimum absolute atomic E-state index is 0.289.